The highest BCUT2D eigenvalue weighted by molar-refractivity contribution is 5.71. The molecule has 2 fully saturated rings. The Kier molecular flexibility index (Phi) is 3.25. The third-order valence-corrected chi connectivity index (χ3v) is 3.67. The molecule has 0 aromatic rings. The summed E-state index contributed by atoms with van der Waals surface area (Å²) in [4.78, 5) is 22.7. The van der Waals surface area contributed by atoms with E-state index in [2.05, 4.69) is 5.32 Å². The molecular formula is C13H21NO4. The van der Waals surface area contributed by atoms with Crippen LogP contribution in [-0.2, 0) is 9.53 Å². The lowest BCUT2D eigenvalue weighted by molar-refractivity contribution is -0.143. The summed E-state index contributed by atoms with van der Waals surface area (Å²) in [7, 11) is 0. The number of rotatable bonds is 2. The Morgan fingerprint density at radius 1 is 1.22 bits per heavy atom. The molecule has 2 rings (SSSR count). The van der Waals surface area contributed by atoms with Crippen LogP contribution in [0.1, 0.15) is 40.0 Å². The maximum atomic E-state index is 11.7. The summed E-state index contributed by atoms with van der Waals surface area (Å²) in [5.41, 5.74) is -0.520. The van der Waals surface area contributed by atoms with Crippen molar-refractivity contribution in [3.63, 3.8) is 0 Å². The summed E-state index contributed by atoms with van der Waals surface area (Å²) in [5, 5.41) is 11.9. The molecule has 0 aromatic heterocycles. The van der Waals surface area contributed by atoms with Crippen molar-refractivity contribution in [2.75, 3.05) is 0 Å². The van der Waals surface area contributed by atoms with Gasteiger partial charge in [-0.3, -0.25) is 4.79 Å². The van der Waals surface area contributed by atoms with Crippen molar-refractivity contribution in [2.24, 2.45) is 17.8 Å². The number of hydrogen-bond acceptors (Lipinski definition) is 3. The summed E-state index contributed by atoms with van der Waals surface area (Å²) in [5.74, 6) is -0.155. The molecule has 1 amide bonds. The largest absolute Gasteiger partial charge is 0.481 e. The van der Waals surface area contributed by atoms with Gasteiger partial charge in [0.05, 0.1) is 5.92 Å². The normalized spacial score (nSPS) is 34.4. The highest BCUT2D eigenvalue weighted by Crippen LogP contribution is 2.51. The summed E-state index contributed by atoms with van der Waals surface area (Å²) in [6.07, 6.45) is 1.87. The van der Waals surface area contributed by atoms with Crippen LogP contribution >= 0.6 is 0 Å². The number of nitrogens with one attached hydrogen (secondary N) is 1. The topological polar surface area (TPSA) is 75.6 Å². The fraction of sp³-hybridized carbons (Fsp3) is 0.846. The van der Waals surface area contributed by atoms with Crippen LogP contribution in [0.5, 0.6) is 0 Å². The van der Waals surface area contributed by atoms with Gasteiger partial charge in [0.15, 0.2) is 0 Å². The fourth-order valence-corrected chi connectivity index (χ4v) is 2.80. The number of alkyl carbamates (subject to hydrolysis) is 1. The number of carbonyl (C=O) groups is 2. The van der Waals surface area contributed by atoms with Crippen molar-refractivity contribution in [1.29, 1.82) is 0 Å². The number of carbonyl (C=O) groups excluding carboxylic acids is 1. The number of aliphatic carboxylic acids is 1. The first kappa shape index (κ1) is 13.2. The molecule has 18 heavy (non-hydrogen) atoms. The monoisotopic (exact) mass is 255 g/mol. The van der Waals surface area contributed by atoms with Crippen LogP contribution in [0.15, 0.2) is 0 Å². The first-order valence-electron chi connectivity index (χ1n) is 6.48. The number of carboxylic acid groups (broad SMARTS) is 1. The molecule has 4 atom stereocenters. The van der Waals surface area contributed by atoms with Gasteiger partial charge in [0.1, 0.15) is 5.60 Å². The zero-order chi connectivity index (χ0) is 13.5. The maximum absolute atomic E-state index is 11.7. The highest BCUT2D eigenvalue weighted by atomic mass is 16.6. The van der Waals surface area contributed by atoms with Gasteiger partial charge in [0.2, 0.25) is 0 Å². The molecule has 5 nitrogen and oxygen atoms in total. The zero-order valence-corrected chi connectivity index (χ0v) is 11.1. The zero-order valence-electron chi connectivity index (χ0n) is 11.1. The van der Waals surface area contributed by atoms with E-state index in [1.165, 1.54) is 0 Å². The molecule has 2 N–H and O–H groups in total. The average molecular weight is 255 g/mol. The smallest absolute Gasteiger partial charge is 0.407 e. The van der Waals surface area contributed by atoms with Crippen molar-refractivity contribution in [3.05, 3.63) is 0 Å². The third-order valence-electron chi connectivity index (χ3n) is 3.67. The Balaban J connectivity index is 1.89. The molecule has 0 aromatic carbocycles. The van der Waals surface area contributed by atoms with Crippen molar-refractivity contribution in [2.45, 2.75) is 51.7 Å². The highest BCUT2D eigenvalue weighted by Gasteiger charge is 2.50. The second-order valence-electron chi connectivity index (χ2n) is 6.42. The van der Waals surface area contributed by atoms with E-state index in [9.17, 15) is 9.59 Å². The number of carboxylic acids is 1. The van der Waals surface area contributed by atoms with Crippen molar-refractivity contribution in [1.82, 2.24) is 5.32 Å². The molecular weight excluding hydrogens is 234 g/mol. The second kappa shape index (κ2) is 4.44. The van der Waals surface area contributed by atoms with Gasteiger partial charge in [-0.1, -0.05) is 0 Å². The Labute approximate surface area is 107 Å². The Morgan fingerprint density at radius 2 is 1.89 bits per heavy atom. The van der Waals surface area contributed by atoms with Gasteiger partial charge in [-0.15, -0.1) is 0 Å². The third kappa shape index (κ3) is 3.15. The molecule has 0 aliphatic heterocycles. The van der Waals surface area contributed by atoms with Gasteiger partial charge in [-0.05, 0) is 51.9 Å². The minimum Gasteiger partial charge on any atom is -0.481 e. The molecule has 0 saturated heterocycles. The summed E-state index contributed by atoms with van der Waals surface area (Å²) in [6.45, 7) is 5.44. The number of ether oxygens (including phenoxy) is 1. The molecule has 0 spiro atoms. The number of amides is 1. The number of fused-ring (bicyclic) bond motifs is 1. The van der Waals surface area contributed by atoms with Crippen molar-refractivity contribution in [3.8, 4) is 0 Å². The van der Waals surface area contributed by atoms with Crippen LogP contribution in [-0.4, -0.2) is 28.8 Å². The van der Waals surface area contributed by atoms with Crippen LogP contribution in [0.2, 0.25) is 0 Å². The molecule has 2 aliphatic carbocycles. The lowest BCUT2D eigenvalue weighted by Crippen LogP contribution is -2.44. The van der Waals surface area contributed by atoms with Gasteiger partial charge in [0.25, 0.3) is 0 Å². The van der Waals surface area contributed by atoms with E-state index in [4.69, 9.17) is 9.84 Å². The van der Waals surface area contributed by atoms with E-state index in [-0.39, 0.29) is 12.0 Å². The van der Waals surface area contributed by atoms with Crippen LogP contribution < -0.4 is 5.32 Å². The van der Waals surface area contributed by atoms with Crippen molar-refractivity contribution < 1.29 is 19.4 Å². The molecule has 0 bridgehead atoms. The van der Waals surface area contributed by atoms with E-state index in [0.717, 1.165) is 12.8 Å². The lowest BCUT2D eigenvalue weighted by atomic mass is 9.86. The Morgan fingerprint density at radius 3 is 2.44 bits per heavy atom. The summed E-state index contributed by atoms with van der Waals surface area (Å²) >= 11 is 0. The Hall–Kier alpha value is -1.26. The molecule has 2 aliphatic rings. The van der Waals surface area contributed by atoms with Crippen molar-refractivity contribution >= 4 is 12.1 Å². The second-order valence-corrected chi connectivity index (χ2v) is 6.42. The van der Waals surface area contributed by atoms with E-state index >= 15 is 0 Å². The van der Waals surface area contributed by atoms with Gasteiger partial charge in [0, 0.05) is 6.04 Å². The first-order chi connectivity index (χ1) is 8.26. The maximum Gasteiger partial charge on any atom is 0.407 e. The first-order valence-corrected chi connectivity index (χ1v) is 6.48. The van der Waals surface area contributed by atoms with Gasteiger partial charge in [-0.25, -0.2) is 4.79 Å². The van der Waals surface area contributed by atoms with Crippen LogP contribution in [0.4, 0.5) is 4.79 Å². The van der Waals surface area contributed by atoms with E-state index in [1.54, 1.807) is 0 Å². The van der Waals surface area contributed by atoms with Crippen LogP contribution in [0, 0.1) is 17.8 Å². The predicted octanol–water partition coefficient (Wildman–Crippen LogP) is 2.01. The quantitative estimate of drug-likeness (QED) is 0.791. The molecule has 2 saturated carbocycles. The average Bonchev–Trinajstić information content (AvgIpc) is 2.92. The molecule has 0 radical (unpaired) electrons. The van der Waals surface area contributed by atoms with E-state index in [0.29, 0.717) is 18.3 Å². The summed E-state index contributed by atoms with van der Waals surface area (Å²) < 4.78 is 5.21. The van der Waals surface area contributed by atoms with Gasteiger partial charge >= 0.3 is 12.1 Å². The molecule has 0 heterocycles. The minimum absolute atomic E-state index is 0.0419. The lowest BCUT2D eigenvalue weighted by Gasteiger charge is -2.28. The van der Waals surface area contributed by atoms with E-state index < -0.39 is 17.7 Å². The predicted molar refractivity (Wildman–Crippen MR) is 65.1 cm³/mol. The summed E-state index contributed by atoms with van der Waals surface area (Å²) in [6, 6.07) is -0.0419. The fourth-order valence-electron chi connectivity index (χ4n) is 2.80. The SMILES string of the molecule is CC(C)(C)OC(=O)NC1CC(C(=O)O)CC2CC21. The molecule has 102 valence electrons. The minimum atomic E-state index is -0.753. The standard InChI is InChI=1S/C13H21NO4/c1-13(2,3)18-12(17)14-10-6-8(11(15)16)4-7-5-9(7)10/h7-10H,4-6H2,1-3H3,(H,14,17)(H,15,16). The van der Waals surface area contributed by atoms with E-state index in [1.807, 2.05) is 20.8 Å². The molecule has 4 unspecified atom stereocenters. The van der Waals surface area contributed by atoms with Crippen LogP contribution in [0.25, 0.3) is 0 Å². The molecule has 5 heteroatoms. The van der Waals surface area contributed by atoms with Gasteiger partial charge < -0.3 is 15.2 Å². The number of hydrogen-bond donors (Lipinski definition) is 2. The van der Waals surface area contributed by atoms with Gasteiger partial charge in [-0.2, -0.15) is 0 Å². The Bertz CT molecular complexity index is 360. The van der Waals surface area contributed by atoms with Crippen LogP contribution in [0.3, 0.4) is 0 Å².